The molecule has 0 aromatic heterocycles. The highest BCUT2D eigenvalue weighted by atomic mass is 16.5. The average Bonchev–Trinajstić information content (AvgIpc) is 2.51. The molecule has 0 radical (unpaired) electrons. The van der Waals surface area contributed by atoms with Crippen molar-refractivity contribution in [2.75, 3.05) is 26.2 Å². The van der Waals surface area contributed by atoms with Crippen molar-refractivity contribution >= 4 is 5.78 Å². The molecule has 1 fully saturated rings. The number of hydrogen-bond donors (Lipinski definition) is 0. The van der Waals surface area contributed by atoms with Gasteiger partial charge in [-0.15, -0.1) is 0 Å². The van der Waals surface area contributed by atoms with E-state index in [2.05, 4.69) is 4.90 Å². The molecule has 1 heterocycles. The Hall–Kier alpha value is -1.35. The van der Waals surface area contributed by atoms with E-state index in [0.717, 1.165) is 24.5 Å². The maximum atomic E-state index is 11.1. The van der Waals surface area contributed by atoms with Crippen molar-refractivity contribution in [3.63, 3.8) is 0 Å². The standard InChI is InChI=1S/C15H21NO2.C2H6/c1-13(17)14-5-7-15(8-6-14)18-12-11-16-9-3-2-4-10-16;1-2/h5-8H,2-4,9-12H2,1H3;1-2H3. The van der Waals surface area contributed by atoms with E-state index in [1.165, 1.54) is 32.4 Å². The molecule has 1 aliphatic rings. The van der Waals surface area contributed by atoms with Crippen LogP contribution in [0.25, 0.3) is 0 Å². The summed E-state index contributed by atoms with van der Waals surface area (Å²) in [6.07, 6.45) is 3.99. The fourth-order valence-electron chi connectivity index (χ4n) is 2.26. The lowest BCUT2D eigenvalue weighted by molar-refractivity contribution is 0.101. The Morgan fingerprint density at radius 2 is 1.70 bits per heavy atom. The number of carbonyl (C=O) groups is 1. The zero-order valence-electron chi connectivity index (χ0n) is 13.0. The number of rotatable bonds is 5. The lowest BCUT2D eigenvalue weighted by Gasteiger charge is -2.26. The first-order valence-electron chi connectivity index (χ1n) is 7.72. The number of ketones is 1. The topological polar surface area (TPSA) is 29.5 Å². The third kappa shape index (κ3) is 5.74. The highest BCUT2D eigenvalue weighted by molar-refractivity contribution is 5.94. The largest absolute Gasteiger partial charge is 0.492 e. The summed E-state index contributed by atoms with van der Waals surface area (Å²) in [5.41, 5.74) is 0.735. The first kappa shape index (κ1) is 16.7. The molecule has 1 aliphatic heterocycles. The monoisotopic (exact) mass is 277 g/mol. The van der Waals surface area contributed by atoms with Gasteiger partial charge in [-0.05, 0) is 57.1 Å². The van der Waals surface area contributed by atoms with E-state index in [0.29, 0.717) is 0 Å². The van der Waals surface area contributed by atoms with Crippen LogP contribution < -0.4 is 4.74 Å². The second-order valence-electron chi connectivity index (χ2n) is 4.83. The molecule has 0 atom stereocenters. The van der Waals surface area contributed by atoms with Gasteiger partial charge in [-0.1, -0.05) is 20.3 Å². The maximum Gasteiger partial charge on any atom is 0.159 e. The van der Waals surface area contributed by atoms with E-state index in [4.69, 9.17) is 4.74 Å². The van der Waals surface area contributed by atoms with Gasteiger partial charge in [0.25, 0.3) is 0 Å². The normalized spacial score (nSPS) is 15.2. The van der Waals surface area contributed by atoms with Gasteiger partial charge in [0.05, 0.1) is 0 Å². The number of ether oxygens (including phenoxy) is 1. The summed E-state index contributed by atoms with van der Waals surface area (Å²) in [7, 11) is 0. The van der Waals surface area contributed by atoms with Crippen LogP contribution in [0.1, 0.15) is 50.4 Å². The van der Waals surface area contributed by atoms with Crippen LogP contribution in [0.15, 0.2) is 24.3 Å². The van der Waals surface area contributed by atoms with E-state index in [1.54, 1.807) is 6.92 Å². The van der Waals surface area contributed by atoms with Gasteiger partial charge in [0, 0.05) is 12.1 Å². The molecule has 0 bridgehead atoms. The molecular formula is C17H27NO2. The number of Topliss-reactive ketones (excluding diaryl/α,β-unsaturated/α-hetero) is 1. The van der Waals surface area contributed by atoms with Crippen LogP contribution in [0.2, 0.25) is 0 Å². The number of benzene rings is 1. The van der Waals surface area contributed by atoms with E-state index in [9.17, 15) is 4.79 Å². The average molecular weight is 277 g/mol. The highest BCUT2D eigenvalue weighted by Crippen LogP contribution is 2.13. The molecular weight excluding hydrogens is 250 g/mol. The predicted octanol–water partition coefficient (Wildman–Crippen LogP) is 3.78. The van der Waals surface area contributed by atoms with Crippen LogP contribution in [0, 0.1) is 0 Å². The second-order valence-corrected chi connectivity index (χ2v) is 4.83. The summed E-state index contributed by atoms with van der Waals surface area (Å²) in [5.74, 6) is 0.937. The maximum absolute atomic E-state index is 11.1. The van der Waals surface area contributed by atoms with Gasteiger partial charge in [-0.3, -0.25) is 9.69 Å². The smallest absolute Gasteiger partial charge is 0.159 e. The fraction of sp³-hybridized carbons (Fsp3) is 0.588. The molecule has 112 valence electrons. The van der Waals surface area contributed by atoms with Crippen LogP contribution >= 0.6 is 0 Å². The Bertz CT molecular complexity index is 380. The lowest BCUT2D eigenvalue weighted by atomic mass is 10.1. The number of carbonyl (C=O) groups excluding carboxylic acids is 1. The molecule has 20 heavy (non-hydrogen) atoms. The molecule has 0 saturated carbocycles. The Kier molecular flexibility index (Phi) is 7.97. The van der Waals surface area contributed by atoms with Gasteiger partial charge in [0.1, 0.15) is 12.4 Å². The Morgan fingerprint density at radius 3 is 2.25 bits per heavy atom. The second kappa shape index (κ2) is 9.54. The Balaban J connectivity index is 0.000000956. The van der Waals surface area contributed by atoms with Gasteiger partial charge in [0.15, 0.2) is 5.78 Å². The molecule has 0 N–H and O–H groups in total. The third-order valence-corrected chi connectivity index (χ3v) is 3.39. The Labute approximate surface area is 122 Å². The zero-order chi connectivity index (χ0) is 14.8. The van der Waals surface area contributed by atoms with Crippen molar-refractivity contribution in [2.24, 2.45) is 0 Å². The van der Waals surface area contributed by atoms with Gasteiger partial charge in [-0.2, -0.15) is 0 Å². The van der Waals surface area contributed by atoms with E-state index >= 15 is 0 Å². The summed E-state index contributed by atoms with van der Waals surface area (Å²) in [5, 5.41) is 0. The number of nitrogens with zero attached hydrogens (tertiary/aromatic N) is 1. The number of hydrogen-bond acceptors (Lipinski definition) is 3. The lowest BCUT2D eigenvalue weighted by Crippen LogP contribution is -2.33. The van der Waals surface area contributed by atoms with Crippen molar-refractivity contribution in [3.05, 3.63) is 29.8 Å². The summed E-state index contributed by atoms with van der Waals surface area (Å²) in [6, 6.07) is 7.37. The van der Waals surface area contributed by atoms with Crippen LogP contribution in [-0.2, 0) is 0 Å². The summed E-state index contributed by atoms with van der Waals surface area (Å²) < 4.78 is 5.69. The molecule has 0 amide bonds. The van der Waals surface area contributed by atoms with E-state index in [1.807, 2.05) is 38.1 Å². The molecule has 0 aliphatic carbocycles. The van der Waals surface area contributed by atoms with Crippen LogP contribution in [0.4, 0.5) is 0 Å². The zero-order valence-corrected chi connectivity index (χ0v) is 13.0. The van der Waals surface area contributed by atoms with Crippen molar-refractivity contribution < 1.29 is 9.53 Å². The summed E-state index contributed by atoms with van der Waals surface area (Å²) in [4.78, 5) is 13.6. The SMILES string of the molecule is CC.CC(=O)c1ccc(OCCN2CCCCC2)cc1. The van der Waals surface area contributed by atoms with Crippen LogP contribution in [0.3, 0.4) is 0 Å². The minimum atomic E-state index is 0.0925. The first-order chi connectivity index (χ1) is 9.75. The number of likely N-dealkylation sites (tertiary alicyclic amines) is 1. The minimum Gasteiger partial charge on any atom is -0.492 e. The van der Waals surface area contributed by atoms with Gasteiger partial charge in [-0.25, -0.2) is 0 Å². The Morgan fingerprint density at radius 1 is 1.10 bits per heavy atom. The molecule has 2 rings (SSSR count). The van der Waals surface area contributed by atoms with Gasteiger partial charge in [0.2, 0.25) is 0 Å². The molecule has 0 unspecified atom stereocenters. The van der Waals surface area contributed by atoms with Crippen molar-refractivity contribution in [3.8, 4) is 5.75 Å². The first-order valence-corrected chi connectivity index (χ1v) is 7.72. The molecule has 1 aromatic carbocycles. The molecule has 0 spiro atoms. The highest BCUT2D eigenvalue weighted by Gasteiger charge is 2.09. The molecule has 1 saturated heterocycles. The molecule has 1 aromatic rings. The van der Waals surface area contributed by atoms with Crippen LogP contribution in [-0.4, -0.2) is 36.9 Å². The third-order valence-electron chi connectivity index (χ3n) is 3.39. The van der Waals surface area contributed by atoms with Crippen molar-refractivity contribution in [1.82, 2.24) is 4.90 Å². The quantitative estimate of drug-likeness (QED) is 0.767. The van der Waals surface area contributed by atoms with Crippen LogP contribution in [0.5, 0.6) is 5.75 Å². The predicted molar refractivity (Wildman–Crippen MR) is 83.6 cm³/mol. The van der Waals surface area contributed by atoms with Crippen molar-refractivity contribution in [1.29, 1.82) is 0 Å². The van der Waals surface area contributed by atoms with Gasteiger partial charge >= 0.3 is 0 Å². The van der Waals surface area contributed by atoms with Crippen molar-refractivity contribution in [2.45, 2.75) is 40.0 Å². The fourth-order valence-corrected chi connectivity index (χ4v) is 2.26. The molecule has 3 nitrogen and oxygen atoms in total. The van der Waals surface area contributed by atoms with E-state index < -0.39 is 0 Å². The summed E-state index contributed by atoms with van der Waals surface area (Å²) >= 11 is 0. The molecule has 3 heteroatoms. The van der Waals surface area contributed by atoms with Gasteiger partial charge < -0.3 is 4.74 Å². The summed E-state index contributed by atoms with van der Waals surface area (Å²) in [6.45, 7) is 9.69. The minimum absolute atomic E-state index is 0.0925. The number of piperidine rings is 1. The van der Waals surface area contributed by atoms with E-state index in [-0.39, 0.29) is 5.78 Å².